The van der Waals surface area contributed by atoms with Crippen LogP contribution in [-0.4, -0.2) is 27.6 Å². The first-order chi connectivity index (χ1) is 11.5. The van der Waals surface area contributed by atoms with E-state index in [1.165, 1.54) is 12.1 Å². The summed E-state index contributed by atoms with van der Waals surface area (Å²) in [7, 11) is 3.49. The van der Waals surface area contributed by atoms with Crippen LogP contribution in [0.1, 0.15) is 16.1 Å². The summed E-state index contributed by atoms with van der Waals surface area (Å²) in [5.74, 6) is -0.486. The number of rotatable bonds is 4. The lowest BCUT2D eigenvalue weighted by Crippen LogP contribution is -2.26. The second-order valence-electron chi connectivity index (χ2n) is 5.70. The Bertz CT molecular complexity index is 858. The lowest BCUT2D eigenvalue weighted by Gasteiger charge is -2.15. The number of carbonyl (C=O) groups is 1. The van der Waals surface area contributed by atoms with E-state index in [2.05, 4.69) is 5.10 Å². The van der Waals surface area contributed by atoms with Crippen molar-refractivity contribution < 1.29 is 9.18 Å². The molecule has 4 nitrogen and oxygen atoms in total. The van der Waals surface area contributed by atoms with Gasteiger partial charge >= 0.3 is 0 Å². The number of amides is 1. The van der Waals surface area contributed by atoms with Crippen LogP contribution in [0.25, 0.3) is 11.3 Å². The summed E-state index contributed by atoms with van der Waals surface area (Å²) < 4.78 is 15.0. The fourth-order valence-corrected chi connectivity index (χ4v) is 2.61. The standard InChI is InChI=1S/C19H18FN3O/c1-22(13-14-7-4-3-5-8-14)19(24)17-12-18(23(2)21-17)15-9-6-10-16(20)11-15/h3-12H,13H2,1-2H3. The molecule has 2 aromatic carbocycles. The van der Waals surface area contributed by atoms with Crippen molar-refractivity contribution in [2.45, 2.75) is 6.54 Å². The van der Waals surface area contributed by atoms with Gasteiger partial charge in [0.1, 0.15) is 5.82 Å². The lowest BCUT2D eigenvalue weighted by atomic mass is 10.1. The Kier molecular flexibility index (Phi) is 4.42. The maximum atomic E-state index is 13.4. The van der Waals surface area contributed by atoms with Crippen LogP contribution in [0.2, 0.25) is 0 Å². The van der Waals surface area contributed by atoms with Gasteiger partial charge in [-0.25, -0.2) is 4.39 Å². The third-order valence-corrected chi connectivity index (χ3v) is 3.83. The van der Waals surface area contributed by atoms with Crippen LogP contribution in [0.3, 0.4) is 0 Å². The quantitative estimate of drug-likeness (QED) is 0.737. The summed E-state index contributed by atoms with van der Waals surface area (Å²) in [5.41, 5.74) is 2.78. The molecular weight excluding hydrogens is 305 g/mol. The molecule has 0 fully saturated rings. The normalized spacial score (nSPS) is 10.6. The van der Waals surface area contributed by atoms with Gasteiger partial charge in [0.2, 0.25) is 0 Å². The van der Waals surface area contributed by atoms with Crippen molar-refractivity contribution in [1.29, 1.82) is 0 Å². The van der Waals surface area contributed by atoms with Crippen molar-refractivity contribution in [1.82, 2.24) is 14.7 Å². The lowest BCUT2D eigenvalue weighted by molar-refractivity contribution is 0.0778. The van der Waals surface area contributed by atoms with E-state index in [9.17, 15) is 9.18 Å². The highest BCUT2D eigenvalue weighted by atomic mass is 19.1. The minimum absolute atomic E-state index is 0.169. The van der Waals surface area contributed by atoms with E-state index in [-0.39, 0.29) is 11.7 Å². The maximum Gasteiger partial charge on any atom is 0.274 e. The molecule has 1 amide bonds. The topological polar surface area (TPSA) is 38.1 Å². The summed E-state index contributed by atoms with van der Waals surface area (Å²) in [4.78, 5) is 14.2. The van der Waals surface area contributed by atoms with Gasteiger partial charge in [-0.2, -0.15) is 5.10 Å². The maximum absolute atomic E-state index is 13.4. The van der Waals surface area contributed by atoms with Gasteiger partial charge in [-0.15, -0.1) is 0 Å². The monoisotopic (exact) mass is 323 g/mol. The largest absolute Gasteiger partial charge is 0.336 e. The summed E-state index contributed by atoms with van der Waals surface area (Å²) in [5, 5.41) is 4.28. The molecule has 0 saturated carbocycles. The van der Waals surface area contributed by atoms with Crippen molar-refractivity contribution in [3.8, 4) is 11.3 Å². The van der Waals surface area contributed by atoms with Gasteiger partial charge in [0, 0.05) is 26.2 Å². The average Bonchev–Trinajstić information content (AvgIpc) is 2.97. The van der Waals surface area contributed by atoms with Crippen LogP contribution < -0.4 is 0 Å². The molecule has 0 N–H and O–H groups in total. The highest BCUT2D eigenvalue weighted by Crippen LogP contribution is 2.21. The molecule has 0 atom stereocenters. The Morgan fingerprint density at radius 2 is 1.88 bits per heavy atom. The zero-order valence-electron chi connectivity index (χ0n) is 13.6. The Labute approximate surface area is 140 Å². The summed E-state index contributed by atoms with van der Waals surface area (Å²) in [6, 6.07) is 17.7. The number of aryl methyl sites for hydroxylation is 1. The number of halogens is 1. The van der Waals surface area contributed by atoms with E-state index < -0.39 is 0 Å². The Morgan fingerprint density at radius 1 is 1.12 bits per heavy atom. The molecule has 3 rings (SSSR count). The van der Waals surface area contributed by atoms with E-state index in [1.54, 1.807) is 41.9 Å². The second-order valence-corrected chi connectivity index (χ2v) is 5.70. The van der Waals surface area contributed by atoms with Gasteiger partial charge in [-0.1, -0.05) is 42.5 Å². The Hall–Kier alpha value is -2.95. The van der Waals surface area contributed by atoms with Crippen molar-refractivity contribution >= 4 is 5.91 Å². The zero-order valence-corrected chi connectivity index (χ0v) is 13.6. The van der Waals surface area contributed by atoms with Crippen molar-refractivity contribution in [2.75, 3.05) is 7.05 Å². The van der Waals surface area contributed by atoms with Crippen molar-refractivity contribution in [2.24, 2.45) is 7.05 Å². The van der Waals surface area contributed by atoms with Crippen molar-refractivity contribution in [3.63, 3.8) is 0 Å². The molecular formula is C19H18FN3O. The fraction of sp³-hybridized carbons (Fsp3) is 0.158. The van der Waals surface area contributed by atoms with E-state index in [0.717, 1.165) is 5.56 Å². The number of carbonyl (C=O) groups excluding carboxylic acids is 1. The predicted octanol–water partition coefficient (Wildman–Crippen LogP) is 3.50. The molecule has 0 aliphatic rings. The van der Waals surface area contributed by atoms with Gasteiger partial charge in [0.25, 0.3) is 5.91 Å². The minimum atomic E-state index is -0.317. The summed E-state index contributed by atoms with van der Waals surface area (Å²) in [6.07, 6.45) is 0. The molecule has 3 aromatic rings. The summed E-state index contributed by atoms with van der Waals surface area (Å²) in [6.45, 7) is 0.506. The van der Waals surface area contributed by atoms with Crippen LogP contribution in [0.15, 0.2) is 60.7 Å². The average molecular weight is 323 g/mol. The van der Waals surface area contributed by atoms with Crippen LogP contribution in [0, 0.1) is 5.82 Å². The predicted molar refractivity (Wildman–Crippen MR) is 90.8 cm³/mol. The first-order valence-electron chi connectivity index (χ1n) is 7.64. The molecule has 0 bridgehead atoms. The van der Waals surface area contributed by atoms with Gasteiger partial charge < -0.3 is 4.90 Å². The molecule has 24 heavy (non-hydrogen) atoms. The number of hydrogen-bond acceptors (Lipinski definition) is 2. The van der Waals surface area contributed by atoms with Crippen LogP contribution >= 0.6 is 0 Å². The van der Waals surface area contributed by atoms with E-state index >= 15 is 0 Å². The molecule has 1 heterocycles. The number of benzene rings is 2. The van der Waals surface area contributed by atoms with E-state index in [0.29, 0.717) is 23.5 Å². The van der Waals surface area contributed by atoms with Crippen molar-refractivity contribution in [3.05, 3.63) is 77.7 Å². The number of hydrogen-bond donors (Lipinski definition) is 0. The first kappa shape index (κ1) is 15.9. The van der Waals surface area contributed by atoms with E-state index in [4.69, 9.17) is 0 Å². The minimum Gasteiger partial charge on any atom is -0.336 e. The third-order valence-electron chi connectivity index (χ3n) is 3.83. The van der Waals surface area contributed by atoms with Gasteiger partial charge in [0.05, 0.1) is 5.69 Å². The van der Waals surface area contributed by atoms with Gasteiger partial charge in [-0.05, 0) is 23.8 Å². The molecule has 122 valence electrons. The van der Waals surface area contributed by atoms with E-state index in [1.807, 2.05) is 30.3 Å². The smallest absolute Gasteiger partial charge is 0.274 e. The molecule has 0 aliphatic carbocycles. The SMILES string of the molecule is CN(Cc1ccccc1)C(=O)c1cc(-c2cccc(F)c2)n(C)n1. The molecule has 0 unspecified atom stereocenters. The van der Waals surface area contributed by atoms with Crippen LogP contribution in [0.4, 0.5) is 4.39 Å². The molecule has 1 aromatic heterocycles. The van der Waals surface area contributed by atoms with Crippen LogP contribution in [0.5, 0.6) is 0 Å². The first-order valence-corrected chi connectivity index (χ1v) is 7.64. The van der Waals surface area contributed by atoms with Gasteiger partial charge in [-0.3, -0.25) is 9.48 Å². The third kappa shape index (κ3) is 3.35. The number of nitrogens with zero attached hydrogens (tertiary/aromatic N) is 3. The molecule has 0 aliphatic heterocycles. The Balaban J connectivity index is 1.82. The second kappa shape index (κ2) is 6.66. The molecule has 0 radical (unpaired) electrons. The Morgan fingerprint density at radius 3 is 2.58 bits per heavy atom. The molecule has 0 spiro atoms. The van der Waals surface area contributed by atoms with Crippen LogP contribution in [-0.2, 0) is 13.6 Å². The zero-order chi connectivity index (χ0) is 17.1. The molecule has 5 heteroatoms. The fourth-order valence-electron chi connectivity index (χ4n) is 2.61. The summed E-state index contributed by atoms with van der Waals surface area (Å²) >= 11 is 0. The number of aromatic nitrogens is 2. The highest BCUT2D eigenvalue weighted by Gasteiger charge is 2.18. The van der Waals surface area contributed by atoms with Gasteiger partial charge in [0.15, 0.2) is 5.69 Å². The highest BCUT2D eigenvalue weighted by molar-refractivity contribution is 5.93. The molecule has 0 saturated heterocycles.